The first-order valence-corrected chi connectivity index (χ1v) is 6.61. The third-order valence-corrected chi connectivity index (χ3v) is 2.98. The maximum atomic E-state index is 11.7. The van der Waals surface area contributed by atoms with Crippen LogP contribution in [0, 0.1) is 12.8 Å². The molecule has 4 nitrogen and oxygen atoms in total. The zero-order valence-corrected chi connectivity index (χ0v) is 11.7. The molecule has 0 radical (unpaired) electrons. The topological polar surface area (TPSA) is 55.4 Å². The number of carbonyl (C=O) groups is 2. The van der Waals surface area contributed by atoms with Crippen LogP contribution in [0.3, 0.4) is 0 Å². The van der Waals surface area contributed by atoms with E-state index in [1.807, 2.05) is 32.9 Å². The lowest BCUT2D eigenvalue weighted by atomic mass is 10.0. The van der Waals surface area contributed by atoms with Gasteiger partial charge in [0, 0.05) is 5.92 Å². The first-order valence-electron chi connectivity index (χ1n) is 6.61. The largest absolute Gasteiger partial charge is 0.425 e. The number of hydrogen-bond acceptors (Lipinski definition) is 3. The molecule has 1 amide bonds. The zero-order valence-electron chi connectivity index (χ0n) is 11.7. The maximum absolute atomic E-state index is 11.7. The SMILES string of the molecule is CCC(CC)C(=O)NCC(=O)Oc1cccc(C)c1. The van der Waals surface area contributed by atoms with Crippen molar-refractivity contribution in [1.29, 1.82) is 0 Å². The Morgan fingerprint density at radius 2 is 1.95 bits per heavy atom. The molecule has 0 saturated heterocycles. The van der Waals surface area contributed by atoms with E-state index in [4.69, 9.17) is 4.74 Å². The summed E-state index contributed by atoms with van der Waals surface area (Å²) < 4.78 is 5.14. The van der Waals surface area contributed by atoms with Crippen LogP contribution in [0.5, 0.6) is 5.75 Å². The van der Waals surface area contributed by atoms with Crippen LogP contribution < -0.4 is 10.1 Å². The molecule has 1 rings (SSSR count). The summed E-state index contributed by atoms with van der Waals surface area (Å²) >= 11 is 0. The summed E-state index contributed by atoms with van der Waals surface area (Å²) in [5, 5.41) is 2.61. The molecule has 1 aromatic carbocycles. The molecule has 1 N–H and O–H groups in total. The van der Waals surface area contributed by atoms with Gasteiger partial charge >= 0.3 is 5.97 Å². The van der Waals surface area contributed by atoms with Gasteiger partial charge in [-0.25, -0.2) is 4.79 Å². The smallest absolute Gasteiger partial charge is 0.330 e. The Balaban J connectivity index is 2.42. The Morgan fingerprint density at radius 1 is 1.26 bits per heavy atom. The fourth-order valence-electron chi connectivity index (χ4n) is 1.81. The minimum Gasteiger partial charge on any atom is -0.425 e. The monoisotopic (exact) mass is 263 g/mol. The Hall–Kier alpha value is -1.84. The fraction of sp³-hybridized carbons (Fsp3) is 0.467. The zero-order chi connectivity index (χ0) is 14.3. The van der Waals surface area contributed by atoms with E-state index in [9.17, 15) is 9.59 Å². The highest BCUT2D eigenvalue weighted by Gasteiger charge is 2.15. The molecule has 1 aromatic rings. The van der Waals surface area contributed by atoms with E-state index in [0.717, 1.165) is 18.4 Å². The number of nitrogens with one attached hydrogen (secondary N) is 1. The second-order valence-electron chi connectivity index (χ2n) is 4.52. The van der Waals surface area contributed by atoms with E-state index in [2.05, 4.69) is 5.32 Å². The van der Waals surface area contributed by atoms with Crippen LogP contribution in [0.1, 0.15) is 32.3 Å². The Morgan fingerprint density at radius 3 is 2.53 bits per heavy atom. The summed E-state index contributed by atoms with van der Waals surface area (Å²) in [4.78, 5) is 23.3. The van der Waals surface area contributed by atoms with Crippen molar-refractivity contribution >= 4 is 11.9 Å². The number of amides is 1. The highest BCUT2D eigenvalue weighted by molar-refractivity contribution is 5.84. The molecule has 0 atom stereocenters. The average molecular weight is 263 g/mol. The third kappa shape index (κ3) is 5.12. The van der Waals surface area contributed by atoms with Crippen molar-refractivity contribution in [1.82, 2.24) is 5.32 Å². The average Bonchev–Trinajstić information content (AvgIpc) is 2.38. The normalized spacial score (nSPS) is 10.3. The van der Waals surface area contributed by atoms with E-state index in [-0.39, 0.29) is 18.4 Å². The van der Waals surface area contributed by atoms with Gasteiger partial charge in [-0.05, 0) is 37.5 Å². The predicted molar refractivity (Wildman–Crippen MR) is 73.9 cm³/mol. The van der Waals surface area contributed by atoms with Crippen molar-refractivity contribution in [3.05, 3.63) is 29.8 Å². The number of aryl methyl sites for hydroxylation is 1. The number of esters is 1. The third-order valence-electron chi connectivity index (χ3n) is 2.98. The summed E-state index contributed by atoms with van der Waals surface area (Å²) in [6.07, 6.45) is 1.55. The van der Waals surface area contributed by atoms with Gasteiger partial charge in [0.1, 0.15) is 12.3 Å². The molecular formula is C15H21NO3. The Bertz CT molecular complexity index is 439. The molecule has 0 aromatic heterocycles. The van der Waals surface area contributed by atoms with Gasteiger partial charge in [-0.3, -0.25) is 4.79 Å². The molecule has 0 heterocycles. The van der Waals surface area contributed by atoms with Crippen LogP contribution in [0.15, 0.2) is 24.3 Å². The van der Waals surface area contributed by atoms with Gasteiger partial charge in [-0.1, -0.05) is 26.0 Å². The summed E-state index contributed by atoms with van der Waals surface area (Å²) in [7, 11) is 0. The van der Waals surface area contributed by atoms with Crippen molar-refractivity contribution in [2.75, 3.05) is 6.54 Å². The minimum absolute atomic E-state index is 0.0354. The van der Waals surface area contributed by atoms with Gasteiger partial charge in [-0.2, -0.15) is 0 Å². The van der Waals surface area contributed by atoms with Gasteiger partial charge in [-0.15, -0.1) is 0 Å². The molecule has 0 aliphatic rings. The van der Waals surface area contributed by atoms with Crippen LogP contribution in [0.25, 0.3) is 0 Å². The molecule has 0 aliphatic carbocycles. The number of rotatable bonds is 6. The van der Waals surface area contributed by atoms with E-state index < -0.39 is 5.97 Å². The van der Waals surface area contributed by atoms with Crippen molar-refractivity contribution in [3.8, 4) is 5.75 Å². The second-order valence-corrected chi connectivity index (χ2v) is 4.52. The lowest BCUT2D eigenvalue weighted by molar-refractivity contribution is -0.136. The molecule has 0 saturated carbocycles. The summed E-state index contributed by atoms with van der Waals surface area (Å²) in [6, 6.07) is 7.24. The predicted octanol–water partition coefficient (Wildman–Crippen LogP) is 2.45. The number of carbonyl (C=O) groups excluding carboxylic acids is 2. The minimum atomic E-state index is -0.454. The number of hydrogen-bond donors (Lipinski definition) is 1. The van der Waals surface area contributed by atoms with Crippen molar-refractivity contribution in [2.24, 2.45) is 5.92 Å². The van der Waals surface area contributed by atoms with Crippen molar-refractivity contribution in [2.45, 2.75) is 33.6 Å². The molecule has 104 valence electrons. The lowest BCUT2D eigenvalue weighted by Crippen LogP contribution is -2.35. The van der Waals surface area contributed by atoms with E-state index in [0.29, 0.717) is 5.75 Å². The van der Waals surface area contributed by atoms with Crippen LogP contribution in [-0.2, 0) is 9.59 Å². The molecular weight excluding hydrogens is 242 g/mol. The first kappa shape index (κ1) is 15.2. The standard InChI is InChI=1S/C15H21NO3/c1-4-12(5-2)15(18)16-10-14(17)19-13-8-6-7-11(3)9-13/h6-9,12H,4-5,10H2,1-3H3,(H,16,18). The summed E-state index contributed by atoms with van der Waals surface area (Å²) in [6.45, 7) is 5.74. The molecule has 0 aliphatic heterocycles. The van der Waals surface area contributed by atoms with Gasteiger partial charge in [0.2, 0.25) is 5.91 Å². The van der Waals surface area contributed by atoms with Crippen LogP contribution in [0.4, 0.5) is 0 Å². The Kier molecular flexibility index (Phi) is 6.06. The molecule has 0 fully saturated rings. The molecule has 0 unspecified atom stereocenters. The van der Waals surface area contributed by atoms with Gasteiger partial charge < -0.3 is 10.1 Å². The van der Waals surface area contributed by atoms with Crippen LogP contribution >= 0.6 is 0 Å². The summed E-state index contributed by atoms with van der Waals surface area (Å²) in [5.74, 6) is -0.0790. The highest BCUT2D eigenvalue weighted by Crippen LogP contribution is 2.12. The van der Waals surface area contributed by atoms with Crippen molar-refractivity contribution < 1.29 is 14.3 Å². The number of benzene rings is 1. The van der Waals surface area contributed by atoms with Crippen LogP contribution in [-0.4, -0.2) is 18.4 Å². The molecule has 4 heteroatoms. The fourth-order valence-corrected chi connectivity index (χ4v) is 1.81. The van der Waals surface area contributed by atoms with Gasteiger partial charge in [0.05, 0.1) is 0 Å². The van der Waals surface area contributed by atoms with E-state index in [1.54, 1.807) is 12.1 Å². The van der Waals surface area contributed by atoms with E-state index >= 15 is 0 Å². The quantitative estimate of drug-likeness (QED) is 0.633. The van der Waals surface area contributed by atoms with Crippen molar-refractivity contribution in [3.63, 3.8) is 0 Å². The summed E-state index contributed by atoms with van der Waals surface area (Å²) in [5.41, 5.74) is 1.02. The van der Waals surface area contributed by atoms with Crippen LogP contribution in [0.2, 0.25) is 0 Å². The maximum Gasteiger partial charge on any atom is 0.330 e. The molecule has 0 spiro atoms. The van der Waals surface area contributed by atoms with E-state index in [1.165, 1.54) is 0 Å². The molecule has 0 bridgehead atoms. The second kappa shape index (κ2) is 7.56. The Labute approximate surface area is 114 Å². The lowest BCUT2D eigenvalue weighted by Gasteiger charge is -2.12. The number of ether oxygens (including phenoxy) is 1. The highest BCUT2D eigenvalue weighted by atomic mass is 16.5. The van der Waals surface area contributed by atoms with Gasteiger partial charge in [0.25, 0.3) is 0 Å². The first-order chi connectivity index (χ1) is 9.06. The van der Waals surface area contributed by atoms with Gasteiger partial charge in [0.15, 0.2) is 0 Å². The molecule has 19 heavy (non-hydrogen) atoms.